The second kappa shape index (κ2) is 2.57. The first-order valence-electron chi connectivity index (χ1n) is 3.06. The van der Waals surface area contributed by atoms with E-state index < -0.39 is 10.6 Å². The van der Waals surface area contributed by atoms with Crippen molar-refractivity contribution < 1.29 is 9.00 Å². The zero-order chi connectivity index (χ0) is 7.72. The van der Waals surface area contributed by atoms with E-state index in [2.05, 4.69) is 0 Å². The molecule has 5 heteroatoms. The van der Waals surface area contributed by atoms with E-state index in [1.807, 2.05) is 6.92 Å². The molecule has 58 valence electrons. The van der Waals surface area contributed by atoms with Crippen LogP contribution in [0.4, 0.5) is 0 Å². The van der Waals surface area contributed by atoms with Gasteiger partial charge in [-0.1, -0.05) is 0 Å². The Kier molecular flexibility index (Phi) is 1.94. The molecule has 0 aromatic heterocycles. The van der Waals surface area contributed by atoms with Gasteiger partial charge in [0, 0.05) is 22.4 Å². The van der Waals surface area contributed by atoms with Gasteiger partial charge in [-0.2, -0.15) is 0 Å². The quantitative estimate of drug-likeness (QED) is 0.432. The SMILES string of the molecule is CC(C[SH](=N)=O)N1CC1=O. The van der Waals surface area contributed by atoms with Crippen LogP contribution in [-0.4, -0.2) is 33.4 Å². The summed E-state index contributed by atoms with van der Waals surface area (Å²) in [6.45, 7) is 2.29. The fraction of sp³-hybridized carbons (Fsp3) is 0.800. The molecule has 2 atom stereocenters. The normalized spacial score (nSPS) is 22.5. The van der Waals surface area contributed by atoms with Gasteiger partial charge in [0.1, 0.15) is 6.54 Å². The standard InChI is InChI=1S/C5H10N2O2S/c1-4(3-10(6)9)7-2-5(7)8/h4,6,10H,2-3H2,1H3. The number of thiol groups is 1. The summed E-state index contributed by atoms with van der Waals surface area (Å²) in [6, 6.07) is -0.00592. The highest BCUT2D eigenvalue weighted by atomic mass is 32.2. The van der Waals surface area contributed by atoms with E-state index in [1.165, 1.54) is 0 Å². The molecule has 1 N–H and O–H groups in total. The minimum absolute atomic E-state index is 0.00592. The van der Waals surface area contributed by atoms with Gasteiger partial charge in [-0.05, 0) is 6.92 Å². The average molecular weight is 162 g/mol. The third kappa shape index (κ3) is 1.70. The smallest absolute Gasteiger partial charge is 0.242 e. The fourth-order valence-corrected chi connectivity index (χ4v) is 1.53. The molecule has 1 heterocycles. The molecule has 1 rings (SSSR count). The Morgan fingerprint density at radius 3 is 2.70 bits per heavy atom. The van der Waals surface area contributed by atoms with E-state index in [9.17, 15) is 9.00 Å². The summed E-state index contributed by atoms with van der Waals surface area (Å²) in [5, 5.41) is 0. The number of rotatable bonds is 3. The monoisotopic (exact) mass is 162 g/mol. The van der Waals surface area contributed by atoms with E-state index in [1.54, 1.807) is 4.90 Å². The highest BCUT2D eigenvalue weighted by molar-refractivity contribution is 7.73. The zero-order valence-electron chi connectivity index (χ0n) is 5.70. The van der Waals surface area contributed by atoms with Gasteiger partial charge in [0.25, 0.3) is 0 Å². The van der Waals surface area contributed by atoms with Crippen LogP contribution < -0.4 is 0 Å². The number of carbonyl (C=O) groups is 1. The minimum atomic E-state index is -1.85. The Labute approximate surface area is 61.2 Å². The van der Waals surface area contributed by atoms with Crippen LogP contribution in [0.15, 0.2) is 0 Å². The van der Waals surface area contributed by atoms with Crippen LogP contribution in [-0.2, 0) is 15.4 Å². The molecule has 0 aliphatic carbocycles. The van der Waals surface area contributed by atoms with Crippen LogP contribution >= 0.6 is 0 Å². The molecule has 0 aromatic carbocycles. The average Bonchev–Trinajstić information content (AvgIpc) is 2.44. The van der Waals surface area contributed by atoms with Gasteiger partial charge in [-0.3, -0.25) is 13.8 Å². The van der Waals surface area contributed by atoms with E-state index in [0.717, 1.165) is 0 Å². The molecule has 2 unspecified atom stereocenters. The number of nitrogens with one attached hydrogen (secondary N) is 1. The van der Waals surface area contributed by atoms with Crippen LogP contribution in [0, 0.1) is 4.78 Å². The second-order valence-corrected chi connectivity index (χ2v) is 3.55. The summed E-state index contributed by atoms with van der Waals surface area (Å²) in [4.78, 5) is 12.1. The maximum Gasteiger partial charge on any atom is 0.242 e. The Morgan fingerprint density at radius 1 is 1.90 bits per heavy atom. The maximum absolute atomic E-state index is 10.5. The molecule has 0 radical (unpaired) electrons. The largest absolute Gasteiger partial charge is 0.328 e. The van der Waals surface area contributed by atoms with E-state index in [0.29, 0.717) is 12.3 Å². The third-order valence-corrected chi connectivity index (χ3v) is 2.34. The van der Waals surface area contributed by atoms with Crippen molar-refractivity contribution >= 4 is 16.5 Å². The summed E-state index contributed by atoms with van der Waals surface area (Å²) in [7, 11) is -1.85. The predicted octanol–water partition coefficient (Wildman–Crippen LogP) is -0.540. The predicted molar refractivity (Wildman–Crippen MR) is 38.3 cm³/mol. The first-order chi connectivity index (χ1) is 4.61. The summed E-state index contributed by atoms with van der Waals surface area (Å²) in [6.07, 6.45) is 0. The summed E-state index contributed by atoms with van der Waals surface area (Å²) >= 11 is 0. The minimum Gasteiger partial charge on any atom is -0.328 e. The topological polar surface area (TPSA) is 61.0 Å². The number of carbonyl (C=O) groups excluding carboxylic acids is 1. The lowest BCUT2D eigenvalue weighted by atomic mass is 10.4. The highest BCUT2D eigenvalue weighted by Gasteiger charge is 2.34. The molecule has 4 nitrogen and oxygen atoms in total. The molecule has 0 aromatic rings. The van der Waals surface area contributed by atoms with Gasteiger partial charge in [-0.25, -0.2) is 0 Å². The first kappa shape index (κ1) is 7.53. The van der Waals surface area contributed by atoms with Crippen LogP contribution in [0.1, 0.15) is 6.92 Å². The van der Waals surface area contributed by atoms with Crippen LogP contribution in [0.5, 0.6) is 0 Å². The van der Waals surface area contributed by atoms with Gasteiger partial charge in [-0.15, -0.1) is 0 Å². The lowest BCUT2D eigenvalue weighted by Crippen LogP contribution is -2.20. The Hall–Kier alpha value is -0.580. The number of nitrogens with zero attached hydrogens (tertiary/aromatic N) is 1. The summed E-state index contributed by atoms with van der Waals surface area (Å²) in [5.41, 5.74) is 0. The van der Waals surface area contributed by atoms with Crippen molar-refractivity contribution in [3.63, 3.8) is 0 Å². The van der Waals surface area contributed by atoms with Gasteiger partial charge in [0.2, 0.25) is 5.91 Å². The fourth-order valence-electron chi connectivity index (χ4n) is 0.851. The van der Waals surface area contributed by atoms with E-state index >= 15 is 0 Å². The lowest BCUT2D eigenvalue weighted by Gasteiger charge is -2.06. The van der Waals surface area contributed by atoms with Gasteiger partial charge in [0.15, 0.2) is 0 Å². The van der Waals surface area contributed by atoms with Gasteiger partial charge >= 0.3 is 0 Å². The molecule has 1 fully saturated rings. The molecule has 1 saturated heterocycles. The van der Waals surface area contributed by atoms with Crippen molar-refractivity contribution in [1.29, 1.82) is 4.78 Å². The molecule has 1 aliphatic rings. The summed E-state index contributed by atoms with van der Waals surface area (Å²) < 4.78 is 17.1. The lowest BCUT2D eigenvalue weighted by molar-refractivity contribution is -0.114. The Balaban J connectivity index is 2.36. The van der Waals surface area contributed by atoms with Crippen molar-refractivity contribution in [2.75, 3.05) is 12.3 Å². The Bertz CT molecular complexity index is 216. The number of hydrogen-bond acceptors (Lipinski definition) is 3. The third-order valence-electron chi connectivity index (χ3n) is 1.48. The Morgan fingerprint density at radius 2 is 2.40 bits per heavy atom. The molecule has 1 amide bonds. The van der Waals surface area contributed by atoms with Gasteiger partial charge < -0.3 is 4.90 Å². The molecular formula is C5H10N2O2S. The van der Waals surface area contributed by atoms with Crippen molar-refractivity contribution in [2.45, 2.75) is 13.0 Å². The molecule has 10 heavy (non-hydrogen) atoms. The van der Waals surface area contributed by atoms with Crippen LogP contribution in [0.2, 0.25) is 0 Å². The van der Waals surface area contributed by atoms with Crippen molar-refractivity contribution in [3.8, 4) is 0 Å². The van der Waals surface area contributed by atoms with Crippen molar-refractivity contribution in [3.05, 3.63) is 0 Å². The molecular weight excluding hydrogens is 152 g/mol. The van der Waals surface area contributed by atoms with Crippen LogP contribution in [0.25, 0.3) is 0 Å². The van der Waals surface area contributed by atoms with E-state index in [4.69, 9.17) is 4.78 Å². The summed E-state index contributed by atoms with van der Waals surface area (Å²) in [5.74, 6) is 0.408. The van der Waals surface area contributed by atoms with E-state index in [-0.39, 0.29) is 11.9 Å². The number of amides is 1. The number of hydrogen-bond donors (Lipinski definition) is 2. The molecule has 0 saturated carbocycles. The molecule has 0 spiro atoms. The van der Waals surface area contributed by atoms with Crippen LogP contribution in [0.3, 0.4) is 0 Å². The van der Waals surface area contributed by atoms with Crippen molar-refractivity contribution in [2.24, 2.45) is 0 Å². The second-order valence-electron chi connectivity index (χ2n) is 2.43. The van der Waals surface area contributed by atoms with Crippen molar-refractivity contribution in [1.82, 2.24) is 4.90 Å². The first-order valence-corrected chi connectivity index (χ1v) is 4.51. The molecule has 1 aliphatic heterocycles. The van der Waals surface area contributed by atoms with Gasteiger partial charge in [0.05, 0.1) is 0 Å². The zero-order valence-corrected chi connectivity index (χ0v) is 6.60. The highest BCUT2D eigenvalue weighted by Crippen LogP contribution is 2.11. The maximum atomic E-state index is 10.5. The molecule has 0 bridgehead atoms.